The van der Waals surface area contributed by atoms with Crippen LogP contribution in [0.2, 0.25) is 0 Å². The minimum atomic E-state index is -1.11. The molecule has 1 atom stereocenters. The van der Waals surface area contributed by atoms with E-state index in [-0.39, 0.29) is 0 Å². The lowest BCUT2D eigenvalue weighted by Gasteiger charge is -2.15. The average Bonchev–Trinajstić information content (AvgIpc) is 2.36. The molecule has 0 heterocycles. The van der Waals surface area contributed by atoms with Gasteiger partial charge in [-0.1, -0.05) is 28.1 Å². The van der Waals surface area contributed by atoms with Crippen molar-refractivity contribution in [3.05, 3.63) is 40.4 Å². The minimum absolute atomic E-state index is 0.486. The molecule has 0 aromatic heterocycles. The van der Waals surface area contributed by atoms with Gasteiger partial charge in [-0.3, -0.25) is 4.79 Å². The van der Waals surface area contributed by atoms with Gasteiger partial charge >= 0.3 is 5.97 Å². The van der Waals surface area contributed by atoms with Crippen LogP contribution >= 0.6 is 15.9 Å². The molecule has 2 rings (SSSR count). The minimum Gasteiger partial charge on any atom is -0.496 e. The van der Waals surface area contributed by atoms with Gasteiger partial charge in [-0.25, -0.2) is 0 Å². The summed E-state index contributed by atoms with van der Waals surface area (Å²) in [7, 11) is 1.50. The van der Waals surface area contributed by atoms with Crippen LogP contribution < -0.4 is 10.5 Å². The van der Waals surface area contributed by atoms with Gasteiger partial charge in [0.15, 0.2) is 0 Å². The van der Waals surface area contributed by atoms with E-state index in [9.17, 15) is 4.79 Å². The van der Waals surface area contributed by atoms with E-state index in [2.05, 4.69) is 15.9 Å². The zero-order valence-corrected chi connectivity index (χ0v) is 11.3. The lowest BCUT2D eigenvalue weighted by atomic mass is 9.98. The Kier molecular flexibility index (Phi) is 3.54. The van der Waals surface area contributed by atoms with Crippen LogP contribution in [0.3, 0.4) is 0 Å². The van der Waals surface area contributed by atoms with Gasteiger partial charge < -0.3 is 15.6 Å². The van der Waals surface area contributed by atoms with E-state index >= 15 is 0 Å². The van der Waals surface area contributed by atoms with Crippen molar-refractivity contribution in [3.8, 4) is 5.75 Å². The van der Waals surface area contributed by atoms with Crippen molar-refractivity contribution in [3.63, 3.8) is 0 Å². The van der Waals surface area contributed by atoms with Crippen LogP contribution in [-0.2, 0) is 4.79 Å². The summed E-state index contributed by atoms with van der Waals surface area (Å²) in [6.07, 6.45) is 0. The third kappa shape index (κ3) is 2.19. The summed E-state index contributed by atoms with van der Waals surface area (Å²) >= 11 is 3.38. The molecule has 0 amide bonds. The molecular formula is C13H12BrNO3. The quantitative estimate of drug-likeness (QED) is 0.914. The second-order valence-corrected chi connectivity index (χ2v) is 4.78. The molecule has 1 unspecified atom stereocenters. The molecule has 5 heteroatoms. The fourth-order valence-electron chi connectivity index (χ4n) is 1.93. The number of hydrogen-bond donors (Lipinski definition) is 2. The highest BCUT2D eigenvalue weighted by molar-refractivity contribution is 9.10. The molecule has 2 aromatic rings. The number of methoxy groups -OCH3 is 1. The molecule has 0 radical (unpaired) electrons. The standard InChI is InChI=1S/C13H12BrNO3/c1-18-10-5-2-7-6-8(14)3-4-9(7)11(10)12(15)13(16)17/h2-6,12H,15H2,1H3,(H,16,17). The highest BCUT2D eigenvalue weighted by Gasteiger charge is 2.21. The first-order valence-corrected chi connectivity index (χ1v) is 6.08. The van der Waals surface area contributed by atoms with Gasteiger partial charge in [0.2, 0.25) is 0 Å². The van der Waals surface area contributed by atoms with Crippen LogP contribution in [0.1, 0.15) is 11.6 Å². The third-order valence-electron chi connectivity index (χ3n) is 2.78. The lowest BCUT2D eigenvalue weighted by Crippen LogP contribution is -2.21. The van der Waals surface area contributed by atoms with E-state index in [0.717, 1.165) is 15.2 Å². The number of fused-ring (bicyclic) bond motifs is 1. The molecule has 18 heavy (non-hydrogen) atoms. The summed E-state index contributed by atoms with van der Waals surface area (Å²) in [5.74, 6) is -0.594. The lowest BCUT2D eigenvalue weighted by molar-refractivity contribution is -0.138. The molecule has 0 bridgehead atoms. The second-order valence-electron chi connectivity index (χ2n) is 3.86. The smallest absolute Gasteiger partial charge is 0.325 e. The summed E-state index contributed by atoms with van der Waals surface area (Å²) in [6.45, 7) is 0. The van der Waals surface area contributed by atoms with Crippen molar-refractivity contribution < 1.29 is 14.6 Å². The Balaban J connectivity index is 2.77. The highest BCUT2D eigenvalue weighted by Crippen LogP contribution is 2.33. The van der Waals surface area contributed by atoms with Crippen LogP contribution in [0, 0.1) is 0 Å². The average molecular weight is 310 g/mol. The third-order valence-corrected chi connectivity index (χ3v) is 3.27. The second kappa shape index (κ2) is 4.96. The fourth-order valence-corrected chi connectivity index (χ4v) is 2.31. The van der Waals surface area contributed by atoms with Crippen molar-refractivity contribution >= 4 is 32.7 Å². The van der Waals surface area contributed by atoms with Gasteiger partial charge in [-0.15, -0.1) is 0 Å². The van der Waals surface area contributed by atoms with Crippen molar-refractivity contribution in [2.24, 2.45) is 5.73 Å². The maximum Gasteiger partial charge on any atom is 0.325 e. The number of rotatable bonds is 3. The van der Waals surface area contributed by atoms with E-state index < -0.39 is 12.0 Å². The van der Waals surface area contributed by atoms with Gasteiger partial charge in [0, 0.05) is 10.0 Å². The molecular weight excluding hydrogens is 298 g/mol. The molecule has 94 valence electrons. The normalized spacial score (nSPS) is 12.4. The van der Waals surface area contributed by atoms with E-state index in [1.54, 1.807) is 6.07 Å². The van der Waals surface area contributed by atoms with Gasteiger partial charge in [0.1, 0.15) is 11.8 Å². The number of hydrogen-bond acceptors (Lipinski definition) is 3. The number of ether oxygens (including phenoxy) is 1. The largest absolute Gasteiger partial charge is 0.496 e. The molecule has 0 aliphatic rings. The van der Waals surface area contributed by atoms with E-state index in [1.165, 1.54) is 7.11 Å². The van der Waals surface area contributed by atoms with Gasteiger partial charge in [0.25, 0.3) is 0 Å². The molecule has 2 aromatic carbocycles. The number of benzene rings is 2. The Hall–Kier alpha value is -1.59. The number of carbonyl (C=O) groups is 1. The summed E-state index contributed by atoms with van der Waals surface area (Å²) in [6, 6.07) is 8.08. The van der Waals surface area contributed by atoms with Gasteiger partial charge in [-0.2, -0.15) is 0 Å². The summed E-state index contributed by atoms with van der Waals surface area (Å²) in [5, 5.41) is 10.8. The number of carboxylic acid groups (broad SMARTS) is 1. The molecule has 0 aliphatic carbocycles. The first-order valence-electron chi connectivity index (χ1n) is 5.29. The Bertz CT molecular complexity index is 612. The molecule has 3 N–H and O–H groups in total. The Labute approximate surface area is 112 Å². The summed E-state index contributed by atoms with van der Waals surface area (Å²) in [5.41, 5.74) is 6.22. The summed E-state index contributed by atoms with van der Waals surface area (Å²) in [4.78, 5) is 11.1. The van der Waals surface area contributed by atoms with Crippen molar-refractivity contribution in [2.75, 3.05) is 7.11 Å². The van der Waals surface area contributed by atoms with Gasteiger partial charge in [-0.05, 0) is 29.0 Å². The van der Waals surface area contributed by atoms with Crippen LogP contribution in [-0.4, -0.2) is 18.2 Å². The molecule has 0 fully saturated rings. The maximum atomic E-state index is 11.1. The molecule has 0 saturated heterocycles. The predicted octanol–water partition coefficient (Wildman–Crippen LogP) is 2.70. The zero-order valence-electron chi connectivity index (χ0n) is 9.68. The van der Waals surface area contributed by atoms with Crippen LogP contribution in [0.4, 0.5) is 0 Å². The Morgan fingerprint density at radius 1 is 1.39 bits per heavy atom. The van der Waals surface area contributed by atoms with Gasteiger partial charge in [0.05, 0.1) is 7.11 Å². The Morgan fingerprint density at radius 2 is 2.11 bits per heavy atom. The summed E-state index contributed by atoms with van der Waals surface area (Å²) < 4.78 is 6.13. The number of nitrogens with two attached hydrogens (primary N) is 1. The predicted molar refractivity (Wildman–Crippen MR) is 72.8 cm³/mol. The van der Waals surface area contributed by atoms with E-state index in [4.69, 9.17) is 15.6 Å². The SMILES string of the molecule is COc1ccc2cc(Br)ccc2c1C(N)C(=O)O. The van der Waals surface area contributed by atoms with Crippen LogP contribution in [0.15, 0.2) is 34.8 Å². The zero-order chi connectivity index (χ0) is 13.3. The van der Waals surface area contributed by atoms with E-state index in [0.29, 0.717) is 11.3 Å². The Morgan fingerprint density at radius 3 is 2.72 bits per heavy atom. The molecule has 0 saturated carbocycles. The first kappa shape index (κ1) is 12.9. The fraction of sp³-hybridized carbons (Fsp3) is 0.154. The molecule has 0 spiro atoms. The van der Waals surface area contributed by atoms with Crippen LogP contribution in [0.5, 0.6) is 5.75 Å². The van der Waals surface area contributed by atoms with Crippen LogP contribution in [0.25, 0.3) is 10.8 Å². The van der Waals surface area contributed by atoms with Crippen molar-refractivity contribution in [1.29, 1.82) is 0 Å². The maximum absolute atomic E-state index is 11.1. The number of halogens is 1. The topological polar surface area (TPSA) is 72.5 Å². The number of aliphatic carboxylic acids is 1. The van der Waals surface area contributed by atoms with Crippen molar-refractivity contribution in [1.82, 2.24) is 0 Å². The number of carboxylic acids is 1. The highest BCUT2D eigenvalue weighted by atomic mass is 79.9. The molecule has 0 aliphatic heterocycles. The monoisotopic (exact) mass is 309 g/mol. The molecule has 4 nitrogen and oxygen atoms in total. The van der Waals surface area contributed by atoms with E-state index in [1.807, 2.05) is 24.3 Å². The van der Waals surface area contributed by atoms with Crippen molar-refractivity contribution in [2.45, 2.75) is 6.04 Å². The first-order chi connectivity index (χ1) is 8.54.